The summed E-state index contributed by atoms with van der Waals surface area (Å²) in [5.41, 5.74) is 4.14. The Bertz CT molecular complexity index is 946. The minimum Gasteiger partial charge on any atom is -0.348 e. The Hall–Kier alpha value is -3.02. The number of rotatable bonds is 6. The van der Waals surface area contributed by atoms with Gasteiger partial charge in [-0.05, 0) is 61.2 Å². The van der Waals surface area contributed by atoms with Crippen molar-refractivity contribution in [1.29, 1.82) is 0 Å². The van der Waals surface area contributed by atoms with Crippen LogP contribution in [0.3, 0.4) is 0 Å². The summed E-state index contributed by atoms with van der Waals surface area (Å²) in [5, 5.41) is 7.75. The van der Waals surface area contributed by atoms with E-state index in [-0.39, 0.29) is 11.7 Å². The van der Waals surface area contributed by atoms with Gasteiger partial charge in [-0.15, -0.1) is 0 Å². The van der Waals surface area contributed by atoms with Gasteiger partial charge in [0.2, 0.25) is 0 Å². The quantitative estimate of drug-likeness (QED) is 0.724. The van der Waals surface area contributed by atoms with Crippen LogP contribution in [0.1, 0.15) is 53.0 Å². The topological polar surface area (TPSA) is 59.8 Å². The minimum absolute atomic E-state index is 0.112. The second kappa shape index (κ2) is 7.31. The smallest absolute Gasteiger partial charge is 0.255 e. The Balaban J connectivity index is 1.68. The largest absolute Gasteiger partial charge is 0.348 e. The maximum Gasteiger partial charge on any atom is 0.255 e. The molecular weight excluding hydrogens is 343 g/mol. The first kappa shape index (κ1) is 17.4. The molecule has 0 aliphatic heterocycles. The number of carbonyl (C=O) groups excluding carboxylic acids is 1. The van der Waals surface area contributed by atoms with Gasteiger partial charge in [0.05, 0.1) is 22.6 Å². The van der Waals surface area contributed by atoms with E-state index in [1.807, 2.05) is 19.1 Å². The van der Waals surface area contributed by atoms with Gasteiger partial charge in [-0.1, -0.05) is 6.92 Å². The maximum atomic E-state index is 13.3. The fourth-order valence-corrected chi connectivity index (χ4v) is 3.26. The summed E-state index contributed by atoms with van der Waals surface area (Å²) in [4.78, 5) is 17.0. The minimum atomic E-state index is -0.290. The van der Waals surface area contributed by atoms with Gasteiger partial charge in [0.15, 0.2) is 0 Å². The maximum absolute atomic E-state index is 13.3. The Morgan fingerprint density at radius 1 is 1.19 bits per heavy atom. The molecule has 0 saturated heterocycles. The molecule has 1 N–H and O–H groups in total. The van der Waals surface area contributed by atoms with Crippen molar-refractivity contribution in [2.24, 2.45) is 0 Å². The van der Waals surface area contributed by atoms with Crippen LogP contribution in [0.5, 0.6) is 0 Å². The Morgan fingerprint density at radius 2 is 1.89 bits per heavy atom. The van der Waals surface area contributed by atoms with Crippen LogP contribution in [-0.4, -0.2) is 20.7 Å². The van der Waals surface area contributed by atoms with Gasteiger partial charge in [0.25, 0.3) is 5.91 Å². The number of carbonyl (C=O) groups is 1. The summed E-state index contributed by atoms with van der Waals surface area (Å²) in [7, 11) is 0. The van der Waals surface area contributed by atoms with Crippen molar-refractivity contribution in [3.05, 3.63) is 77.1 Å². The predicted molar refractivity (Wildman–Crippen MR) is 100 cm³/mol. The van der Waals surface area contributed by atoms with E-state index in [9.17, 15) is 9.18 Å². The molecular formula is C21H21FN4O. The lowest BCUT2D eigenvalue weighted by atomic mass is 10.1. The number of hydrogen-bond donors (Lipinski definition) is 1. The summed E-state index contributed by atoms with van der Waals surface area (Å²) in [6.45, 7) is 2.45. The molecule has 1 amide bonds. The highest BCUT2D eigenvalue weighted by atomic mass is 19.1. The zero-order chi connectivity index (χ0) is 18.8. The number of amides is 1. The molecule has 3 aromatic rings. The molecule has 1 aromatic carbocycles. The number of pyridine rings is 1. The lowest BCUT2D eigenvalue weighted by Gasteiger charge is -2.09. The van der Waals surface area contributed by atoms with Crippen LogP contribution in [0.2, 0.25) is 0 Å². The number of nitrogens with zero attached hydrogens (tertiary/aromatic N) is 3. The van der Waals surface area contributed by atoms with Crippen molar-refractivity contribution in [1.82, 2.24) is 20.1 Å². The van der Waals surface area contributed by atoms with Crippen LogP contribution in [0.4, 0.5) is 4.39 Å². The second-order valence-electron chi connectivity index (χ2n) is 6.76. The van der Waals surface area contributed by atoms with E-state index < -0.39 is 0 Å². The molecule has 0 atom stereocenters. The van der Waals surface area contributed by atoms with Gasteiger partial charge in [0, 0.05) is 24.9 Å². The van der Waals surface area contributed by atoms with Gasteiger partial charge in [-0.2, -0.15) is 5.10 Å². The fraction of sp³-hybridized carbons (Fsp3) is 0.286. The van der Waals surface area contributed by atoms with Gasteiger partial charge in [-0.25, -0.2) is 9.07 Å². The van der Waals surface area contributed by atoms with Crippen molar-refractivity contribution in [2.75, 3.05) is 0 Å². The highest BCUT2D eigenvalue weighted by Crippen LogP contribution is 2.42. The zero-order valence-electron chi connectivity index (χ0n) is 15.2. The van der Waals surface area contributed by atoms with Gasteiger partial charge in [0.1, 0.15) is 5.82 Å². The van der Waals surface area contributed by atoms with E-state index in [4.69, 9.17) is 5.10 Å². The fourth-order valence-electron chi connectivity index (χ4n) is 3.26. The van der Waals surface area contributed by atoms with E-state index >= 15 is 0 Å². The first-order valence-electron chi connectivity index (χ1n) is 9.22. The molecule has 1 aliphatic rings. The predicted octanol–water partition coefficient (Wildman–Crippen LogP) is 3.78. The number of nitrogens with one attached hydrogen (secondary N) is 1. The molecule has 6 heteroatoms. The van der Waals surface area contributed by atoms with Gasteiger partial charge in [-0.3, -0.25) is 9.78 Å². The van der Waals surface area contributed by atoms with Gasteiger partial charge < -0.3 is 5.32 Å². The normalized spacial score (nSPS) is 13.6. The second-order valence-corrected chi connectivity index (χ2v) is 6.76. The van der Waals surface area contributed by atoms with Crippen LogP contribution in [-0.2, 0) is 13.0 Å². The summed E-state index contributed by atoms with van der Waals surface area (Å²) in [6, 6.07) is 9.97. The van der Waals surface area contributed by atoms with Crippen LogP contribution in [0, 0.1) is 5.82 Å². The third-order valence-corrected chi connectivity index (χ3v) is 4.81. The van der Waals surface area contributed by atoms with Crippen molar-refractivity contribution < 1.29 is 9.18 Å². The van der Waals surface area contributed by atoms with E-state index in [0.717, 1.165) is 35.5 Å². The lowest BCUT2D eigenvalue weighted by molar-refractivity contribution is 0.0949. The number of aromatic nitrogens is 3. The van der Waals surface area contributed by atoms with E-state index in [0.29, 0.717) is 24.4 Å². The highest BCUT2D eigenvalue weighted by Gasteiger charge is 2.34. The molecule has 2 aromatic heterocycles. The summed E-state index contributed by atoms with van der Waals surface area (Å²) in [6.07, 6.45) is 6.18. The molecule has 4 rings (SSSR count). The van der Waals surface area contributed by atoms with Gasteiger partial charge >= 0.3 is 0 Å². The average molecular weight is 364 g/mol. The number of hydrogen-bond acceptors (Lipinski definition) is 3. The average Bonchev–Trinajstić information content (AvgIpc) is 3.47. The summed E-state index contributed by atoms with van der Waals surface area (Å²) in [5.74, 6) is -0.0701. The SMILES string of the molecule is CCc1c(C(=O)NCc2ccncc2)c(C2CC2)nn1-c1ccc(F)cc1. The van der Waals surface area contributed by atoms with Crippen LogP contribution in [0.15, 0.2) is 48.8 Å². The Morgan fingerprint density at radius 3 is 2.52 bits per heavy atom. The molecule has 2 heterocycles. The molecule has 0 radical (unpaired) electrons. The molecule has 0 unspecified atom stereocenters. The van der Waals surface area contributed by atoms with Crippen molar-refractivity contribution >= 4 is 5.91 Å². The summed E-state index contributed by atoms with van der Waals surface area (Å²) >= 11 is 0. The molecule has 1 saturated carbocycles. The van der Waals surface area contributed by atoms with Crippen LogP contribution in [0.25, 0.3) is 5.69 Å². The third-order valence-electron chi connectivity index (χ3n) is 4.81. The highest BCUT2D eigenvalue weighted by molar-refractivity contribution is 5.97. The monoisotopic (exact) mass is 364 g/mol. The molecule has 0 spiro atoms. The van der Waals surface area contributed by atoms with E-state index in [2.05, 4.69) is 10.3 Å². The first-order valence-corrected chi connectivity index (χ1v) is 9.22. The standard InChI is InChI=1S/C21H21FN4O/c1-2-18-19(21(27)24-13-14-9-11-23-12-10-14)20(15-3-4-15)25-26(18)17-7-5-16(22)6-8-17/h5-12,15H,2-4,13H2,1H3,(H,24,27). The molecule has 5 nitrogen and oxygen atoms in total. The number of halogens is 1. The number of benzene rings is 1. The van der Waals surface area contributed by atoms with Crippen LogP contribution >= 0.6 is 0 Å². The zero-order valence-corrected chi connectivity index (χ0v) is 15.2. The molecule has 1 fully saturated rings. The molecule has 27 heavy (non-hydrogen) atoms. The lowest BCUT2D eigenvalue weighted by Crippen LogP contribution is -2.24. The van der Waals surface area contributed by atoms with Crippen LogP contribution < -0.4 is 5.32 Å². The van der Waals surface area contributed by atoms with Crippen molar-refractivity contribution in [3.8, 4) is 5.69 Å². The van der Waals surface area contributed by atoms with Crippen molar-refractivity contribution in [2.45, 2.75) is 38.6 Å². The van der Waals surface area contributed by atoms with Crippen molar-refractivity contribution in [3.63, 3.8) is 0 Å². The molecule has 0 bridgehead atoms. The summed E-state index contributed by atoms with van der Waals surface area (Å²) < 4.78 is 15.1. The third kappa shape index (κ3) is 3.60. The van der Waals surface area contributed by atoms with E-state index in [1.165, 1.54) is 12.1 Å². The molecule has 1 aliphatic carbocycles. The Kier molecular flexibility index (Phi) is 4.71. The molecule has 138 valence electrons. The first-order chi connectivity index (χ1) is 13.2. The van der Waals surface area contributed by atoms with E-state index in [1.54, 1.807) is 29.2 Å². The Labute approximate surface area is 157 Å².